The van der Waals surface area contributed by atoms with Crippen LogP contribution in [-0.4, -0.2) is 46.5 Å². The number of carbonyl (C=O) groups excluding carboxylic acids is 2. The number of benzene rings is 1. The second-order valence-corrected chi connectivity index (χ2v) is 3.36. The summed E-state index contributed by atoms with van der Waals surface area (Å²) in [4.78, 5) is 35.6. The summed E-state index contributed by atoms with van der Waals surface area (Å²) in [5.41, 5.74) is 7.14. The SMILES string of the molecule is NC(=O)NOC(=O)CCc1ccc([N+](=O)[O-])cc1.[NaH]. The van der Waals surface area contributed by atoms with Crippen LogP contribution in [0.5, 0.6) is 0 Å². The molecule has 0 aromatic heterocycles. The molecule has 0 heterocycles. The summed E-state index contributed by atoms with van der Waals surface area (Å²) in [5, 5.41) is 10.4. The van der Waals surface area contributed by atoms with E-state index in [1.165, 1.54) is 12.1 Å². The van der Waals surface area contributed by atoms with Crippen molar-refractivity contribution in [3.8, 4) is 0 Å². The van der Waals surface area contributed by atoms with Crippen LogP contribution in [0, 0.1) is 10.1 Å². The summed E-state index contributed by atoms with van der Waals surface area (Å²) in [6.07, 6.45) is 0.370. The van der Waals surface area contributed by atoms with E-state index in [1.807, 2.05) is 0 Å². The van der Waals surface area contributed by atoms with Crippen LogP contribution in [-0.2, 0) is 16.1 Å². The summed E-state index contributed by atoms with van der Waals surface area (Å²) >= 11 is 0. The third-order valence-electron chi connectivity index (χ3n) is 2.03. The van der Waals surface area contributed by atoms with Gasteiger partial charge in [0.1, 0.15) is 0 Å². The monoisotopic (exact) mass is 277 g/mol. The number of amides is 2. The molecule has 0 saturated carbocycles. The van der Waals surface area contributed by atoms with Crippen LogP contribution in [0.3, 0.4) is 0 Å². The zero-order valence-corrected chi connectivity index (χ0v) is 9.29. The normalized spacial score (nSPS) is 9.05. The first-order chi connectivity index (χ1) is 8.49. The van der Waals surface area contributed by atoms with E-state index in [0.29, 0.717) is 6.42 Å². The Hall–Kier alpha value is -1.64. The number of carbonyl (C=O) groups is 2. The summed E-state index contributed by atoms with van der Waals surface area (Å²) in [7, 11) is 0. The average Bonchev–Trinajstić information content (AvgIpc) is 2.34. The molecule has 0 spiro atoms. The van der Waals surface area contributed by atoms with Crippen LogP contribution >= 0.6 is 0 Å². The second-order valence-electron chi connectivity index (χ2n) is 3.36. The molecule has 0 atom stereocenters. The summed E-state index contributed by atoms with van der Waals surface area (Å²) in [6.45, 7) is 0. The number of non-ortho nitro benzene ring substituents is 1. The van der Waals surface area contributed by atoms with E-state index >= 15 is 0 Å². The molecule has 1 aromatic rings. The molecule has 0 aliphatic carbocycles. The molecule has 9 heteroatoms. The van der Waals surface area contributed by atoms with Gasteiger partial charge in [0.15, 0.2) is 0 Å². The Morgan fingerprint density at radius 2 is 1.89 bits per heavy atom. The van der Waals surface area contributed by atoms with Gasteiger partial charge in [-0.15, -0.1) is 0 Å². The van der Waals surface area contributed by atoms with Gasteiger partial charge in [-0.1, -0.05) is 12.1 Å². The van der Waals surface area contributed by atoms with Gasteiger partial charge in [-0.25, -0.2) is 9.59 Å². The topological polar surface area (TPSA) is 125 Å². The number of aryl methyl sites for hydroxylation is 1. The number of nitrogens with one attached hydrogen (secondary N) is 1. The van der Waals surface area contributed by atoms with Gasteiger partial charge in [-0.2, -0.15) is 5.48 Å². The molecule has 2 amide bonds. The van der Waals surface area contributed by atoms with Crippen LogP contribution in [0.15, 0.2) is 24.3 Å². The predicted molar refractivity (Wildman–Crippen MR) is 67.4 cm³/mol. The Morgan fingerprint density at radius 3 is 2.37 bits per heavy atom. The number of hydroxylamine groups is 1. The number of hydrogen-bond donors (Lipinski definition) is 2. The van der Waals surface area contributed by atoms with E-state index in [2.05, 4.69) is 4.84 Å². The van der Waals surface area contributed by atoms with E-state index in [4.69, 9.17) is 5.73 Å². The van der Waals surface area contributed by atoms with Crippen molar-refractivity contribution >= 4 is 47.2 Å². The van der Waals surface area contributed by atoms with Crippen molar-refractivity contribution in [3.63, 3.8) is 0 Å². The average molecular weight is 277 g/mol. The fourth-order valence-corrected chi connectivity index (χ4v) is 1.19. The van der Waals surface area contributed by atoms with Crippen LogP contribution in [0.2, 0.25) is 0 Å². The maximum absolute atomic E-state index is 11.1. The Kier molecular flexibility index (Phi) is 7.73. The molecule has 1 aromatic carbocycles. The van der Waals surface area contributed by atoms with E-state index in [0.717, 1.165) is 5.56 Å². The molecule has 0 aliphatic rings. The van der Waals surface area contributed by atoms with Gasteiger partial charge in [-0.05, 0) is 12.0 Å². The van der Waals surface area contributed by atoms with Gasteiger partial charge < -0.3 is 10.6 Å². The van der Waals surface area contributed by atoms with E-state index < -0.39 is 16.9 Å². The van der Waals surface area contributed by atoms with Crippen molar-refractivity contribution in [2.24, 2.45) is 5.73 Å². The molecule has 98 valence electrons. The fourth-order valence-electron chi connectivity index (χ4n) is 1.19. The Bertz CT molecular complexity index is 463. The molecular formula is C10H12N3NaO5. The molecule has 0 unspecified atom stereocenters. The predicted octanol–water partition coefficient (Wildman–Crippen LogP) is 0.00540. The molecule has 19 heavy (non-hydrogen) atoms. The third kappa shape index (κ3) is 6.75. The Balaban J connectivity index is 0.00000324. The number of rotatable bonds is 4. The maximum atomic E-state index is 11.1. The van der Waals surface area contributed by atoms with Crippen molar-refractivity contribution < 1.29 is 19.3 Å². The van der Waals surface area contributed by atoms with Gasteiger partial charge in [0.25, 0.3) is 5.69 Å². The number of nitrogens with zero attached hydrogens (tertiary/aromatic N) is 1. The molecule has 0 aliphatic heterocycles. The van der Waals surface area contributed by atoms with Gasteiger partial charge in [-0.3, -0.25) is 10.1 Å². The minimum atomic E-state index is -0.960. The zero-order chi connectivity index (χ0) is 13.5. The Labute approximate surface area is 130 Å². The van der Waals surface area contributed by atoms with Crippen molar-refractivity contribution in [1.82, 2.24) is 5.48 Å². The molecule has 8 nitrogen and oxygen atoms in total. The van der Waals surface area contributed by atoms with Gasteiger partial charge in [0.05, 0.1) is 11.3 Å². The second kappa shape index (κ2) is 8.46. The number of hydrogen-bond acceptors (Lipinski definition) is 5. The molecular weight excluding hydrogens is 265 g/mol. The number of primary amides is 1. The van der Waals surface area contributed by atoms with Crippen molar-refractivity contribution in [3.05, 3.63) is 39.9 Å². The summed E-state index contributed by atoms with van der Waals surface area (Å²) in [6, 6.07) is 4.84. The molecule has 1 rings (SSSR count). The zero-order valence-electron chi connectivity index (χ0n) is 9.29. The van der Waals surface area contributed by atoms with Crippen molar-refractivity contribution in [2.45, 2.75) is 12.8 Å². The molecule has 0 fully saturated rings. The first-order valence-corrected chi connectivity index (χ1v) is 4.97. The molecule has 0 radical (unpaired) electrons. The van der Waals surface area contributed by atoms with E-state index in [1.54, 1.807) is 17.6 Å². The van der Waals surface area contributed by atoms with Crippen LogP contribution in [0.1, 0.15) is 12.0 Å². The van der Waals surface area contributed by atoms with Crippen LogP contribution in [0.25, 0.3) is 0 Å². The number of nitrogens with two attached hydrogens (primary N) is 1. The minimum absolute atomic E-state index is 0. The van der Waals surface area contributed by atoms with Gasteiger partial charge in [0, 0.05) is 12.1 Å². The van der Waals surface area contributed by atoms with E-state index in [-0.39, 0.29) is 41.7 Å². The molecule has 0 bridgehead atoms. The van der Waals surface area contributed by atoms with Gasteiger partial charge in [0.2, 0.25) is 0 Å². The first kappa shape index (κ1) is 17.4. The van der Waals surface area contributed by atoms with E-state index in [9.17, 15) is 19.7 Å². The summed E-state index contributed by atoms with van der Waals surface area (Å²) in [5.74, 6) is -0.646. The number of nitro groups is 1. The van der Waals surface area contributed by atoms with Crippen LogP contribution < -0.4 is 11.2 Å². The van der Waals surface area contributed by atoms with Crippen molar-refractivity contribution in [2.75, 3.05) is 0 Å². The molecule has 3 N–H and O–H groups in total. The van der Waals surface area contributed by atoms with Crippen LogP contribution in [0.4, 0.5) is 10.5 Å². The van der Waals surface area contributed by atoms with Crippen molar-refractivity contribution in [1.29, 1.82) is 0 Å². The summed E-state index contributed by atoms with van der Waals surface area (Å²) < 4.78 is 0. The first-order valence-electron chi connectivity index (χ1n) is 4.97. The Morgan fingerprint density at radius 1 is 1.32 bits per heavy atom. The van der Waals surface area contributed by atoms with Gasteiger partial charge >= 0.3 is 41.6 Å². The fraction of sp³-hybridized carbons (Fsp3) is 0.200. The number of nitro benzene ring substituents is 1. The molecule has 0 saturated heterocycles. The standard InChI is InChI=1S/C10H11N3O5.Na.H/c11-10(15)12-18-9(14)6-3-7-1-4-8(5-2-7)13(16)17;;/h1-2,4-5H,3,6H2,(H3,11,12,15);;. The third-order valence-corrected chi connectivity index (χ3v) is 2.03. The quantitative estimate of drug-likeness (QED) is 0.455. The number of urea groups is 1.